The number of carbonyl (C=O) groups is 3. The van der Waals surface area contributed by atoms with E-state index in [1.165, 1.54) is 122 Å². The van der Waals surface area contributed by atoms with Crippen LogP contribution in [0.25, 0.3) is 0 Å². The van der Waals surface area contributed by atoms with Crippen molar-refractivity contribution in [1.29, 1.82) is 0 Å². The molecule has 7 heteroatoms. The summed E-state index contributed by atoms with van der Waals surface area (Å²) in [4.78, 5) is 36.2. The Labute approximate surface area is 327 Å². The Balaban J connectivity index is 4.17. The van der Waals surface area contributed by atoms with E-state index in [-0.39, 0.29) is 18.0 Å². The molecule has 0 aliphatic rings. The minimum atomic E-state index is -1.00. The van der Waals surface area contributed by atoms with Crippen molar-refractivity contribution in [2.45, 2.75) is 244 Å². The summed E-state index contributed by atoms with van der Waals surface area (Å²) in [5, 5.41) is 11.9. The third-order valence-electron chi connectivity index (χ3n) is 10.3. The molecule has 4 N–H and O–H groups in total. The van der Waals surface area contributed by atoms with Gasteiger partial charge in [-0.1, -0.05) is 180 Å². The fourth-order valence-corrected chi connectivity index (χ4v) is 6.81. The Morgan fingerprint density at radius 1 is 0.566 bits per heavy atom. The molecule has 0 aliphatic carbocycles. The maximum Gasteiger partial charge on any atom is 0.326 e. The van der Waals surface area contributed by atoms with E-state index in [4.69, 9.17) is 10.5 Å². The molecule has 0 saturated heterocycles. The fourth-order valence-electron chi connectivity index (χ4n) is 6.81. The van der Waals surface area contributed by atoms with Crippen molar-refractivity contribution in [2.24, 2.45) is 5.73 Å². The van der Waals surface area contributed by atoms with Gasteiger partial charge in [-0.25, -0.2) is 4.79 Å². The van der Waals surface area contributed by atoms with E-state index in [9.17, 15) is 19.5 Å². The van der Waals surface area contributed by atoms with Gasteiger partial charge < -0.3 is 20.9 Å². The summed E-state index contributed by atoms with van der Waals surface area (Å²) in [6.45, 7) is 4.92. The molecule has 2 unspecified atom stereocenters. The number of amides is 1. The highest BCUT2D eigenvalue weighted by Crippen LogP contribution is 2.17. The van der Waals surface area contributed by atoms with Gasteiger partial charge in [0.2, 0.25) is 5.91 Å². The van der Waals surface area contributed by atoms with Crippen molar-refractivity contribution < 1.29 is 24.2 Å². The van der Waals surface area contributed by atoms with Crippen molar-refractivity contribution in [3.05, 3.63) is 24.3 Å². The van der Waals surface area contributed by atoms with Crippen LogP contribution in [0.2, 0.25) is 0 Å². The minimum Gasteiger partial charge on any atom is -0.480 e. The number of allylic oxidation sites excluding steroid dienone is 3. The zero-order chi connectivity index (χ0) is 38.9. The lowest BCUT2D eigenvalue weighted by Crippen LogP contribution is -2.40. The van der Waals surface area contributed by atoms with E-state index in [1.54, 1.807) is 0 Å². The van der Waals surface area contributed by atoms with Crippen LogP contribution in [0.1, 0.15) is 232 Å². The number of hydrogen-bond donors (Lipinski definition) is 3. The normalized spacial score (nSPS) is 12.8. The molecule has 0 radical (unpaired) electrons. The highest BCUT2D eigenvalue weighted by molar-refractivity contribution is 5.83. The molecule has 0 heterocycles. The van der Waals surface area contributed by atoms with Gasteiger partial charge in [0.15, 0.2) is 0 Å². The number of nitrogens with two attached hydrogens (primary N) is 1. The predicted octanol–water partition coefficient (Wildman–Crippen LogP) is 12.8. The number of ether oxygens (including phenoxy) is 1. The molecule has 0 fully saturated rings. The molecule has 0 aromatic heterocycles. The second-order valence-electron chi connectivity index (χ2n) is 15.5. The van der Waals surface area contributed by atoms with Gasteiger partial charge in [0, 0.05) is 12.8 Å². The number of aliphatic carboxylic acids is 1. The third kappa shape index (κ3) is 37.9. The lowest BCUT2D eigenvalue weighted by atomic mass is 10.0. The van der Waals surface area contributed by atoms with Crippen LogP contribution in [0.3, 0.4) is 0 Å². The summed E-state index contributed by atoms with van der Waals surface area (Å²) in [7, 11) is 0. The summed E-state index contributed by atoms with van der Waals surface area (Å²) in [5.41, 5.74) is 5.47. The van der Waals surface area contributed by atoms with E-state index in [2.05, 4.69) is 43.5 Å². The summed E-state index contributed by atoms with van der Waals surface area (Å²) < 4.78 is 5.94. The van der Waals surface area contributed by atoms with Crippen molar-refractivity contribution in [2.75, 3.05) is 6.54 Å². The van der Waals surface area contributed by atoms with Crippen LogP contribution in [-0.2, 0) is 19.1 Å². The molecule has 0 bridgehead atoms. The Bertz CT molecular complexity index is 889. The Morgan fingerprint density at radius 3 is 1.55 bits per heavy atom. The van der Waals surface area contributed by atoms with Crippen LogP contribution in [0.4, 0.5) is 0 Å². The molecule has 53 heavy (non-hydrogen) atoms. The van der Waals surface area contributed by atoms with Gasteiger partial charge in [0.05, 0.1) is 0 Å². The Hall–Kier alpha value is -2.15. The summed E-state index contributed by atoms with van der Waals surface area (Å²) in [6.07, 6.45) is 46.8. The molecular formula is C46H86N2O5. The number of esters is 1. The molecule has 0 saturated carbocycles. The summed E-state index contributed by atoms with van der Waals surface area (Å²) in [6, 6.07) is -0.854. The molecule has 7 nitrogen and oxygen atoms in total. The fraction of sp³-hybridized carbons (Fsp3) is 0.848. The molecule has 1 amide bonds. The second-order valence-corrected chi connectivity index (χ2v) is 15.5. The molecule has 2 atom stereocenters. The highest BCUT2D eigenvalue weighted by Gasteiger charge is 2.18. The second kappa shape index (κ2) is 41.0. The van der Waals surface area contributed by atoms with Crippen LogP contribution in [0.15, 0.2) is 24.3 Å². The molecule has 310 valence electrons. The molecule has 0 rings (SSSR count). The molecule has 0 spiro atoms. The first-order valence-corrected chi connectivity index (χ1v) is 22.7. The number of unbranched alkanes of at least 4 members (excludes halogenated alkanes) is 25. The van der Waals surface area contributed by atoms with E-state index in [0.29, 0.717) is 32.2 Å². The van der Waals surface area contributed by atoms with Crippen molar-refractivity contribution in [3.8, 4) is 0 Å². The molecule has 0 aromatic carbocycles. The van der Waals surface area contributed by atoms with Crippen molar-refractivity contribution in [3.63, 3.8) is 0 Å². The first-order chi connectivity index (χ1) is 25.9. The smallest absolute Gasteiger partial charge is 0.326 e. The van der Waals surface area contributed by atoms with Gasteiger partial charge in [0.25, 0.3) is 0 Å². The number of carbonyl (C=O) groups excluding carboxylic acids is 2. The monoisotopic (exact) mass is 747 g/mol. The molecule has 0 aromatic rings. The molecular weight excluding hydrogens is 661 g/mol. The van der Waals surface area contributed by atoms with Gasteiger partial charge >= 0.3 is 11.9 Å². The average molecular weight is 747 g/mol. The summed E-state index contributed by atoms with van der Waals surface area (Å²) >= 11 is 0. The number of hydrogen-bond acceptors (Lipinski definition) is 5. The van der Waals surface area contributed by atoms with E-state index in [0.717, 1.165) is 70.6 Å². The first-order valence-electron chi connectivity index (χ1n) is 22.7. The quantitative estimate of drug-likeness (QED) is 0.0325. The van der Waals surface area contributed by atoms with Gasteiger partial charge in [-0.05, 0) is 70.4 Å². The predicted molar refractivity (Wildman–Crippen MR) is 225 cm³/mol. The third-order valence-corrected chi connectivity index (χ3v) is 10.3. The topological polar surface area (TPSA) is 119 Å². The minimum absolute atomic E-state index is 0.0716. The highest BCUT2D eigenvalue weighted by atomic mass is 16.5. The maximum absolute atomic E-state index is 12.7. The van der Waals surface area contributed by atoms with Crippen molar-refractivity contribution in [1.82, 2.24) is 5.32 Å². The maximum atomic E-state index is 12.7. The van der Waals surface area contributed by atoms with Crippen molar-refractivity contribution >= 4 is 17.8 Å². The van der Waals surface area contributed by atoms with E-state index >= 15 is 0 Å². The standard InChI is InChI=1S/C46H86N2O5/c1-3-5-7-9-11-13-14-15-16-17-18-19-20-21-22-24-30-34-40-45(50)53-42(36-31-27-23-12-10-8-6-4-2)37-32-28-25-26-29-33-39-44(49)48-43(46(51)52)38-35-41-47/h12,23,31,36,42-43H,3-11,13-22,24-30,32-35,37-41,47H2,1-2H3,(H,48,49)(H,51,52)/b23-12-,36-31-. The van der Waals surface area contributed by atoms with Crippen LogP contribution >= 0.6 is 0 Å². The van der Waals surface area contributed by atoms with Crippen LogP contribution < -0.4 is 11.1 Å². The lowest BCUT2D eigenvalue weighted by molar-refractivity contribution is -0.147. The first kappa shape index (κ1) is 50.9. The zero-order valence-corrected chi connectivity index (χ0v) is 34.9. The van der Waals surface area contributed by atoms with Crippen LogP contribution in [0, 0.1) is 0 Å². The number of rotatable bonds is 41. The SMILES string of the molecule is CCCCC/C=C\C/C=C\C(CCCCCCCCC(=O)NC(CCCN)C(=O)O)OC(=O)CCCCCCCCCCCCCCCCCCCC. The summed E-state index contributed by atoms with van der Waals surface area (Å²) in [5.74, 6) is -1.28. The Kier molecular flexibility index (Phi) is 39.4. The number of carboxylic acids is 1. The van der Waals surface area contributed by atoms with E-state index < -0.39 is 12.0 Å². The average Bonchev–Trinajstić information content (AvgIpc) is 3.14. The zero-order valence-electron chi connectivity index (χ0n) is 34.9. The largest absolute Gasteiger partial charge is 0.480 e. The molecule has 0 aliphatic heterocycles. The van der Waals surface area contributed by atoms with Crippen LogP contribution in [-0.4, -0.2) is 41.6 Å². The van der Waals surface area contributed by atoms with E-state index in [1.807, 2.05) is 0 Å². The van der Waals surface area contributed by atoms with Crippen LogP contribution in [0.5, 0.6) is 0 Å². The van der Waals surface area contributed by atoms with Gasteiger partial charge in [-0.2, -0.15) is 0 Å². The van der Waals surface area contributed by atoms with Gasteiger partial charge in [-0.3, -0.25) is 9.59 Å². The lowest BCUT2D eigenvalue weighted by Gasteiger charge is -2.15. The van der Waals surface area contributed by atoms with Gasteiger partial charge in [-0.15, -0.1) is 0 Å². The number of nitrogens with one attached hydrogen (secondary N) is 1. The van der Waals surface area contributed by atoms with Gasteiger partial charge in [0.1, 0.15) is 12.1 Å². The Morgan fingerprint density at radius 2 is 1.04 bits per heavy atom. The number of carboxylic acid groups (broad SMARTS) is 1.